The Morgan fingerprint density at radius 2 is 1.62 bits per heavy atom. The zero-order valence-electron chi connectivity index (χ0n) is 16.6. The van der Waals surface area contributed by atoms with Crippen molar-refractivity contribution in [3.63, 3.8) is 0 Å². The molecule has 0 bridgehead atoms. The van der Waals surface area contributed by atoms with E-state index in [2.05, 4.69) is 24.9 Å². The molecule has 1 fully saturated rings. The Labute approximate surface area is 182 Å². The van der Waals surface area contributed by atoms with Crippen LogP contribution in [0.2, 0.25) is 10.0 Å². The summed E-state index contributed by atoms with van der Waals surface area (Å²) < 4.78 is 5.73. The van der Waals surface area contributed by atoms with Gasteiger partial charge < -0.3 is 10.1 Å². The van der Waals surface area contributed by atoms with Crippen molar-refractivity contribution >= 4 is 29.1 Å². The predicted octanol–water partition coefficient (Wildman–Crippen LogP) is 6.62. The Morgan fingerprint density at radius 3 is 2.14 bits per heavy atom. The highest BCUT2D eigenvalue weighted by Crippen LogP contribution is 2.35. The van der Waals surface area contributed by atoms with E-state index in [0.29, 0.717) is 10.0 Å². The van der Waals surface area contributed by atoms with Gasteiger partial charge in [-0.05, 0) is 49.2 Å². The van der Waals surface area contributed by atoms with Gasteiger partial charge in [-0.2, -0.15) is 0 Å². The Balaban J connectivity index is 0.000000321. The van der Waals surface area contributed by atoms with E-state index in [4.69, 9.17) is 27.9 Å². The van der Waals surface area contributed by atoms with Crippen LogP contribution in [0.15, 0.2) is 85.0 Å². The van der Waals surface area contributed by atoms with Crippen LogP contribution >= 0.6 is 23.2 Å². The number of hydrogen-bond acceptors (Lipinski definition) is 2. The Hall–Kier alpha value is -2.33. The van der Waals surface area contributed by atoms with E-state index in [0.717, 1.165) is 11.1 Å². The lowest BCUT2D eigenvalue weighted by Crippen LogP contribution is -2.41. The number of halogens is 2. The van der Waals surface area contributed by atoms with E-state index in [9.17, 15) is 4.79 Å². The molecule has 1 saturated heterocycles. The highest BCUT2D eigenvalue weighted by atomic mass is 35.5. The Kier molecular flexibility index (Phi) is 9.20. The van der Waals surface area contributed by atoms with Crippen molar-refractivity contribution in [3.8, 4) is 0 Å². The summed E-state index contributed by atoms with van der Waals surface area (Å²) in [6.07, 6.45) is 7.52. The van der Waals surface area contributed by atoms with Gasteiger partial charge in [-0.15, -0.1) is 0 Å². The molecule has 3 nitrogen and oxygen atoms in total. The van der Waals surface area contributed by atoms with Gasteiger partial charge in [0.2, 0.25) is 5.91 Å². The first-order valence-corrected chi connectivity index (χ1v) is 10.0. The normalized spacial score (nSPS) is 19.3. The standard InChI is InChI=1S/C16H13Cl2NO2.C8H12/c17-12-5-1-10(2-6-12)15-16(21-9-14(20)19-15)11-3-7-13(18)8-4-11;1-4-6-7-8(3)5-2/h1-8,15-16H,9H2,(H,19,20);4-7H,1H2,2-3H3/b;7-6-,8-5-. The van der Waals surface area contributed by atoms with E-state index in [1.807, 2.05) is 55.5 Å². The monoisotopic (exact) mass is 429 g/mol. The second-order valence-corrected chi connectivity index (χ2v) is 7.38. The van der Waals surface area contributed by atoms with Crippen LogP contribution in [0.4, 0.5) is 0 Å². The number of allylic oxidation sites excluding steroid dienone is 5. The molecule has 152 valence electrons. The number of amides is 1. The van der Waals surface area contributed by atoms with Crippen molar-refractivity contribution in [2.75, 3.05) is 6.61 Å². The van der Waals surface area contributed by atoms with Gasteiger partial charge >= 0.3 is 0 Å². The van der Waals surface area contributed by atoms with Gasteiger partial charge in [-0.1, -0.05) is 83.9 Å². The van der Waals surface area contributed by atoms with Crippen LogP contribution in [0.3, 0.4) is 0 Å². The highest BCUT2D eigenvalue weighted by molar-refractivity contribution is 6.30. The minimum Gasteiger partial charge on any atom is -0.361 e. The fourth-order valence-corrected chi connectivity index (χ4v) is 2.99. The maximum absolute atomic E-state index is 11.7. The number of hydrogen-bond donors (Lipinski definition) is 1. The smallest absolute Gasteiger partial charge is 0.246 e. The van der Waals surface area contributed by atoms with Gasteiger partial charge in [-0.3, -0.25) is 4.79 Å². The number of carbonyl (C=O) groups excluding carboxylic acids is 1. The molecule has 2 aromatic carbocycles. The average Bonchev–Trinajstić information content (AvgIpc) is 2.73. The fourth-order valence-electron chi connectivity index (χ4n) is 2.74. The SMILES string of the molecule is C=C/C=C\C(C)=C/C.O=C1COC(c2ccc(Cl)cc2)C(c2ccc(Cl)cc2)N1. The van der Waals surface area contributed by atoms with E-state index in [1.165, 1.54) is 5.57 Å². The van der Waals surface area contributed by atoms with Crippen molar-refractivity contribution in [1.29, 1.82) is 0 Å². The quantitative estimate of drug-likeness (QED) is 0.554. The fraction of sp³-hybridized carbons (Fsp3) is 0.208. The summed E-state index contributed by atoms with van der Waals surface area (Å²) in [4.78, 5) is 11.7. The molecule has 0 saturated carbocycles. The molecule has 1 heterocycles. The minimum atomic E-state index is -0.249. The summed E-state index contributed by atoms with van der Waals surface area (Å²) in [5.74, 6) is -0.125. The number of nitrogens with one attached hydrogen (secondary N) is 1. The number of benzene rings is 2. The molecule has 5 heteroatoms. The molecule has 2 aromatic rings. The second-order valence-electron chi connectivity index (χ2n) is 6.51. The molecule has 0 aliphatic carbocycles. The van der Waals surface area contributed by atoms with Crippen LogP contribution in [0.25, 0.3) is 0 Å². The summed E-state index contributed by atoms with van der Waals surface area (Å²) >= 11 is 11.8. The van der Waals surface area contributed by atoms with Crippen LogP contribution < -0.4 is 5.32 Å². The molecule has 2 unspecified atom stereocenters. The van der Waals surface area contributed by atoms with Crippen LogP contribution in [0.1, 0.15) is 37.1 Å². The van der Waals surface area contributed by atoms with Gasteiger partial charge in [0.1, 0.15) is 12.7 Å². The molecule has 0 spiro atoms. The molecule has 1 amide bonds. The van der Waals surface area contributed by atoms with Crippen LogP contribution in [0, 0.1) is 0 Å². The summed E-state index contributed by atoms with van der Waals surface area (Å²) in [6, 6.07) is 14.6. The highest BCUT2D eigenvalue weighted by Gasteiger charge is 2.31. The third-order valence-electron chi connectivity index (χ3n) is 4.39. The summed E-state index contributed by atoms with van der Waals surface area (Å²) in [7, 11) is 0. The number of rotatable bonds is 4. The van der Waals surface area contributed by atoms with Gasteiger partial charge in [0.15, 0.2) is 0 Å². The third-order valence-corrected chi connectivity index (χ3v) is 4.90. The summed E-state index contributed by atoms with van der Waals surface area (Å²) in [6.45, 7) is 7.68. The van der Waals surface area contributed by atoms with E-state index in [-0.39, 0.29) is 24.7 Å². The van der Waals surface area contributed by atoms with E-state index >= 15 is 0 Å². The summed E-state index contributed by atoms with van der Waals surface area (Å²) in [5, 5.41) is 4.30. The van der Waals surface area contributed by atoms with Crippen molar-refractivity contribution in [1.82, 2.24) is 5.32 Å². The molecule has 0 aromatic heterocycles. The van der Waals surface area contributed by atoms with E-state index in [1.54, 1.807) is 18.2 Å². The zero-order chi connectivity index (χ0) is 21.2. The van der Waals surface area contributed by atoms with E-state index < -0.39 is 0 Å². The average molecular weight is 430 g/mol. The number of ether oxygens (including phenoxy) is 1. The molecule has 2 atom stereocenters. The van der Waals surface area contributed by atoms with Crippen LogP contribution in [-0.4, -0.2) is 12.5 Å². The van der Waals surface area contributed by atoms with Gasteiger partial charge in [0.25, 0.3) is 0 Å². The van der Waals surface area contributed by atoms with Crippen LogP contribution in [0.5, 0.6) is 0 Å². The topological polar surface area (TPSA) is 38.3 Å². The molecule has 1 N–H and O–H groups in total. The Bertz CT molecular complexity index is 871. The first-order chi connectivity index (χ1) is 13.9. The van der Waals surface area contributed by atoms with Crippen molar-refractivity contribution in [2.24, 2.45) is 0 Å². The van der Waals surface area contributed by atoms with Crippen molar-refractivity contribution in [3.05, 3.63) is 106 Å². The van der Waals surface area contributed by atoms with Gasteiger partial charge in [0.05, 0.1) is 6.04 Å². The summed E-state index contributed by atoms with van der Waals surface area (Å²) in [5.41, 5.74) is 3.19. The number of carbonyl (C=O) groups is 1. The lowest BCUT2D eigenvalue weighted by atomic mass is 9.94. The first-order valence-electron chi connectivity index (χ1n) is 9.28. The molecule has 0 radical (unpaired) electrons. The minimum absolute atomic E-state index is 0.0530. The molecular weight excluding hydrogens is 405 g/mol. The largest absolute Gasteiger partial charge is 0.361 e. The molecule has 1 aliphatic heterocycles. The van der Waals surface area contributed by atoms with Gasteiger partial charge in [0, 0.05) is 10.0 Å². The van der Waals surface area contributed by atoms with Crippen molar-refractivity contribution < 1.29 is 9.53 Å². The molecule has 29 heavy (non-hydrogen) atoms. The maximum atomic E-state index is 11.7. The lowest BCUT2D eigenvalue weighted by molar-refractivity contribution is -0.137. The van der Waals surface area contributed by atoms with Crippen LogP contribution in [-0.2, 0) is 9.53 Å². The Morgan fingerprint density at radius 1 is 1.07 bits per heavy atom. The molecule has 3 rings (SSSR count). The third kappa shape index (κ3) is 7.21. The number of morpholine rings is 1. The lowest BCUT2D eigenvalue weighted by Gasteiger charge is -2.33. The first kappa shape index (κ1) is 23.0. The van der Waals surface area contributed by atoms with Gasteiger partial charge in [-0.25, -0.2) is 0 Å². The molecule has 1 aliphatic rings. The molecular formula is C24H25Cl2NO2. The predicted molar refractivity (Wildman–Crippen MR) is 121 cm³/mol. The maximum Gasteiger partial charge on any atom is 0.246 e. The second kappa shape index (κ2) is 11.6. The van der Waals surface area contributed by atoms with Crippen molar-refractivity contribution in [2.45, 2.75) is 26.0 Å². The zero-order valence-corrected chi connectivity index (χ0v) is 18.1.